The smallest absolute Gasteiger partial charge is 0.271 e. The molecule has 1 aromatic carbocycles. The van der Waals surface area contributed by atoms with Crippen molar-refractivity contribution < 1.29 is 13.2 Å². The van der Waals surface area contributed by atoms with Gasteiger partial charge in [0, 0.05) is 7.05 Å². The van der Waals surface area contributed by atoms with E-state index in [-0.39, 0.29) is 6.04 Å². The first-order valence-corrected chi connectivity index (χ1v) is 5.88. The maximum absolute atomic E-state index is 12.5. The van der Waals surface area contributed by atoms with E-state index >= 15 is 0 Å². The van der Waals surface area contributed by atoms with Gasteiger partial charge in [-0.1, -0.05) is 17.3 Å². The van der Waals surface area contributed by atoms with Crippen LogP contribution >= 0.6 is 0 Å². The third kappa shape index (κ3) is 3.14. The van der Waals surface area contributed by atoms with Crippen molar-refractivity contribution in [3.8, 4) is 0 Å². The van der Waals surface area contributed by atoms with Crippen LogP contribution in [0.1, 0.15) is 22.9 Å². The van der Waals surface area contributed by atoms with Gasteiger partial charge in [0.05, 0.1) is 23.5 Å². The van der Waals surface area contributed by atoms with E-state index in [0.29, 0.717) is 6.42 Å². The Morgan fingerprint density at radius 1 is 1.30 bits per heavy atom. The van der Waals surface area contributed by atoms with Gasteiger partial charge in [0.15, 0.2) is 0 Å². The summed E-state index contributed by atoms with van der Waals surface area (Å²) in [6.07, 6.45) is -2.32. The second-order valence-corrected chi connectivity index (χ2v) is 4.40. The minimum atomic E-state index is -4.32. The number of nitrogens with zero attached hydrogens (tertiary/aromatic N) is 3. The van der Waals surface area contributed by atoms with Crippen LogP contribution in [-0.2, 0) is 19.6 Å². The Labute approximate surface area is 113 Å². The molecule has 2 rings (SSSR count). The topological polar surface area (TPSA) is 68.8 Å². The van der Waals surface area contributed by atoms with Gasteiger partial charge in [-0.2, -0.15) is 13.2 Å². The van der Waals surface area contributed by atoms with Crippen LogP contribution in [0, 0.1) is 0 Å². The number of hydrazine groups is 1. The molecule has 1 heterocycles. The van der Waals surface area contributed by atoms with Crippen LogP contribution < -0.4 is 11.3 Å². The summed E-state index contributed by atoms with van der Waals surface area (Å²) < 4.78 is 39.0. The molecule has 0 bridgehead atoms. The number of hydrogen-bond acceptors (Lipinski definition) is 4. The summed E-state index contributed by atoms with van der Waals surface area (Å²) in [6, 6.07) is 4.73. The maximum atomic E-state index is 12.5. The minimum Gasteiger partial charge on any atom is -0.271 e. The molecule has 108 valence electrons. The van der Waals surface area contributed by atoms with Crippen molar-refractivity contribution in [3.63, 3.8) is 0 Å². The predicted molar refractivity (Wildman–Crippen MR) is 66.2 cm³/mol. The number of aromatic nitrogens is 3. The van der Waals surface area contributed by atoms with E-state index in [1.54, 1.807) is 17.9 Å². The molecule has 0 amide bonds. The average molecular weight is 285 g/mol. The van der Waals surface area contributed by atoms with Crippen LogP contribution in [0.15, 0.2) is 30.5 Å². The van der Waals surface area contributed by atoms with Crippen molar-refractivity contribution in [2.24, 2.45) is 12.9 Å². The Bertz CT molecular complexity index is 561. The lowest BCUT2D eigenvalue weighted by molar-refractivity contribution is -0.137. The number of rotatable bonds is 4. The van der Waals surface area contributed by atoms with E-state index in [4.69, 9.17) is 5.84 Å². The Hall–Kier alpha value is -1.93. The van der Waals surface area contributed by atoms with Gasteiger partial charge in [0.1, 0.15) is 0 Å². The molecule has 0 aliphatic rings. The number of halogens is 3. The predicted octanol–water partition coefficient (Wildman–Crippen LogP) is 1.58. The van der Waals surface area contributed by atoms with Gasteiger partial charge in [0.25, 0.3) is 0 Å². The largest absolute Gasteiger partial charge is 0.416 e. The minimum absolute atomic E-state index is 0.272. The second kappa shape index (κ2) is 5.59. The molecule has 0 radical (unpaired) electrons. The Kier molecular flexibility index (Phi) is 4.05. The van der Waals surface area contributed by atoms with Crippen molar-refractivity contribution in [2.75, 3.05) is 0 Å². The van der Waals surface area contributed by atoms with Crippen LogP contribution in [-0.4, -0.2) is 15.0 Å². The first-order chi connectivity index (χ1) is 9.41. The fourth-order valence-electron chi connectivity index (χ4n) is 1.93. The first kappa shape index (κ1) is 14.5. The summed E-state index contributed by atoms with van der Waals surface area (Å²) in [5, 5.41) is 7.54. The summed E-state index contributed by atoms with van der Waals surface area (Å²) in [5.74, 6) is 5.48. The maximum Gasteiger partial charge on any atom is 0.416 e. The third-order valence-corrected chi connectivity index (χ3v) is 3.03. The lowest BCUT2D eigenvalue weighted by Gasteiger charge is -2.16. The highest BCUT2D eigenvalue weighted by molar-refractivity contribution is 5.26. The molecule has 0 fully saturated rings. The summed E-state index contributed by atoms with van der Waals surface area (Å²) in [7, 11) is 1.72. The van der Waals surface area contributed by atoms with E-state index < -0.39 is 11.7 Å². The molecule has 0 aliphatic heterocycles. The number of nitrogens with one attached hydrogen (secondary N) is 1. The summed E-state index contributed by atoms with van der Waals surface area (Å²) in [4.78, 5) is 0. The van der Waals surface area contributed by atoms with E-state index in [1.807, 2.05) is 0 Å². The number of aryl methyl sites for hydroxylation is 1. The molecule has 2 aromatic rings. The fraction of sp³-hybridized carbons (Fsp3) is 0.333. The van der Waals surface area contributed by atoms with Gasteiger partial charge >= 0.3 is 6.18 Å². The highest BCUT2D eigenvalue weighted by Crippen LogP contribution is 2.29. The van der Waals surface area contributed by atoms with E-state index in [0.717, 1.165) is 23.4 Å². The van der Waals surface area contributed by atoms with Gasteiger partial charge in [-0.3, -0.25) is 16.0 Å². The molecule has 0 saturated carbocycles. The van der Waals surface area contributed by atoms with Crippen LogP contribution in [0.5, 0.6) is 0 Å². The monoisotopic (exact) mass is 285 g/mol. The highest BCUT2D eigenvalue weighted by atomic mass is 19.4. The molecule has 1 aromatic heterocycles. The number of alkyl halides is 3. The molecular formula is C12H14F3N5. The zero-order chi connectivity index (χ0) is 14.8. The normalized spacial score (nSPS) is 13.4. The summed E-state index contributed by atoms with van der Waals surface area (Å²) >= 11 is 0. The standard InChI is InChI=1S/C12H14F3N5/c1-20-11(7-17-19-20)10(18-16)6-8-2-4-9(5-3-8)12(13,14)15/h2-5,7,10,18H,6,16H2,1H3. The van der Waals surface area contributed by atoms with Gasteiger partial charge in [-0.05, 0) is 24.1 Å². The average Bonchev–Trinajstić information content (AvgIpc) is 2.82. The van der Waals surface area contributed by atoms with E-state index in [2.05, 4.69) is 15.7 Å². The molecule has 0 spiro atoms. The molecule has 0 aliphatic carbocycles. The molecule has 1 atom stereocenters. The lowest BCUT2D eigenvalue weighted by Crippen LogP contribution is -2.31. The van der Waals surface area contributed by atoms with Crippen LogP contribution in [0.2, 0.25) is 0 Å². The molecule has 8 heteroatoms. The highest BCUT2D eigenvalue weighted by Gasteiger charge is 2.30. The Balaban J connectivity index is 2.15. The number of nitrogens with two attached hydrogens (primary N) is 1. The Morgan fingerprint density at radius 2 is 1.95 bits per heavy atom. The lowest BCUT2D eigenvalue weighted by atomic mass is 10.0. The van der Waals surface area contributed by atoms with Gasteiger partial charge in [0.2, 0.25) is 0 Å². The summed E-state index contributed by atoms with van der Waals surface area (Å²) in [6.45, 7) is 0. The molecule has 5 nitrogen and oxygen atoms in total. The molecule has 0 saturated heterocycles. The Morgan fingerprint density at radius 3 is 2.40 bits per heavy atom. The van der Waals surface area contributed by atoms with Crippen molar-refractivity contribution >= 4 is 0 Å². The second-order valence-electron chi connectivity index (χ2n) is 4.40. The van der Waals surface area contributed by atoms with E-state index in [9.17, 15) is 13.2 Å². The van der Waals surface area contributed by atoms with Crippen LogP contribution in [0.25, 0.3) is 0 Å². The fourth-order valence-corrected chi connectivity index (χ4v) is 1.93. The number of hydrogen-bond donors (Lipinski definition) is 2. The number of benzene rings is 1. The van der Waals surface area contributed by atoms with Crippen LogP contribution in [0.4, 0.5) is 13.2 Å². The zero-order valence-corrected chi connectivity index (χ0v) is 10.7. The van der Waals surface area contributed by atoms with Crippen molar-refractivity contribution in [3.05, 3.63) is 47.3 Å². The summed E-state index contributed by atoms with van der Waals surface area (Å²) in [5.41, 5.74) is 3.44. The first-order valence-electron chi connectivity index (χ1n) is 5.88. The molecule has 1 unspecified atom stereocenters. The van der Waals surface area contributed by atoms with Crippen molar-refractivity contribution in [1.29, 1.82) is 0 Å². The molecular weight excluding hydrogens is 271 g/mol. The van der Waals surface area contributed by atoms with Crippen LogP contribution in [0.3, 0.4) is 0 Å². The quantitative estimate of drug-likeness (QED) is 0.661. The van der Waals surface area contributed by atoms with Gasteiger partial charge in [-0.25, -0.2) is 0 Å². The van der Waals surface area contributed by atoms with Gasteiger partial charge in [-0.15, -0.1) is 5.10 Å². The van der Waals surface area contributed by atoms with E-state index in [1.165, 1.54) is 12.1 Å². The zero-order valence-electron chi connectivity index (χ0n) is 10.7. The van der Waals surface area contributed by atoms with Crippen molar-refractivity contribution in [2.45, 2.75) is 18.6 Å². The van der Waals surface area contributed by atoms with Gasteiger partial charge < -0.3 is 0 Å². The van der Waals surface area contributed by atoms with Crippen molar-refractivity contribution in [1.82, 2.24) is 20.4 Å². The molecule has 3 N–H and O–H groups in total. The molecule has 20 heavy (non-hydrogen) atoms. The SMILES string of the molecule is Cn1nncc1C(Cc1ccc(C(F)(F)F)cc1)NN. The third-order valence-electron chi connectivity index (χ3n) is 3.03.